The summed E-state index contributed by atoms with van der Waals surface area (Å²) in [6, 6.07) is 16.8. The number of pyridine rings is 1. The van der Waals surface area contributed by atoms with Gasteiger partial charge in [0.1, 0.15) is 17.5 Å². The first-order chi connectivity index (χ1) is 11.5. The Morgan fingerprint density at radius 1 is 1.00 bits per heavy atom. The number of hydrogen-bond acceptors (Lipinski definition) is 3. The predicted octanol–water partition coefficient (Wildman–Crippen LogP) is 5.94. The van der Waals surface area contributed by atoms with E-state index < -0.39 is 0 Å². The van der Waals surface area contributed by atoms with E-state index in [2.05, 4.69) is 27.0 Å². The highest BCUT2D eigenvalue weighted by Crippen LogP contribution is 2.35. The van der Waals surface area contributed by atoms with Crippen LogP contribution in [-0.4, -0.2) is 4.98 Å². The van der Waals surface area contributed by atoms with Crippen molar-refractivity contribution in [2.75, 3.05) is 5.73 Å². The number of rotatable bonds is 2. The van der Waals surface area contributed by atoms with Crippen LogP contribution in [0.2, 0.25) is 10.0 Å². The lowest BCUT2D eigenvalue weighted by molar-refractivity contribution is 1.30. The van der Waals surface area contributed by atoms with Crippen molar-refractivity contribution in [3.63, 3.8) is 0 Å². The van der Waals surface area contributed by atoms with Crippen LogP contribution in [0.1, 0.15) is 5.56 Å². The minimum absolute atomic E-state index is 0.173. The SMILES string of the molecule is N#Cc1c(-c2ccc(Cl)c(Cl)c2)cc(-c2ccccc2Br)nc1N. The Kier molecular flexibility index (Phi) is 4.77. The number of halogens is 3. The van der Waals surface area contributed by atoms with E-state index in [0.29, 0.717) is 26.9 Å². The van der Waals surface area contributed by atoms with E-state index in [9.17, 15) is 5.26 Å². The van der Waals surface area contributed by atoms with Crippen molar-refractivity contribution in [2.24, 2.45) is 0 Å². The van der Waals surface area contributed by atoms with E-state index in [1.54, 1.807) is 18.2 Å². The first kappa shape index (κ1) is 16.8. The maximum atomic E-state index is 9.46. The van der Waals surface area contributed by atoms with Gasteiger partial charge in [0.25, 0.3) is 0 Å². The molecule has 0 unspecified atom stereocenters. The highest BCUT2D eigenvalue weighted by molar-refractivity contribution is 9.10. The summed E-state index contributed by atoms with van der Waals surface area (Å²) < 4.78 is 0.890. The van der Waals surface area contributed by atoms with E-state index in [4.69, 9.17) is 28.9 Å². The first-order valence-electron chi connectivity index (χ1n) is 6.92. The van der Waals surface area contributed by atoms with Gasteiger partial charge in [0.05, 0.1) is 15.7 Å². The molecule has 1 aromatic heterocycles. The zero-order valence-electron chi connectivity index (χ0n) is 12.2. The molecule has 0 aliphatic carbocycles. The molecule has 0 saturated carbocycles. The molecular weight excluding hydrogens is 409 g/mol. The van der Waals surface area contributed by atoms with Gasteiger partial charge in [-0.2, -0.15) is 5.26 Å². The number of nitriles is 1. The molecule has 0 aliphatic rings. The first-order valence-corrected chi connectivity index (χ1v) is 8.47. The van der Waals surface area contributed by atoms with Crippen LogP contribution in [0.3, 0.4) is 0 Å². The number of anilines is 1. The maximum Gasteiger partial charge on any atom is 0.142 e. The fourth-order valence-electron chi connectivity index (χ4n) is 2.38. The normalized spacial score (nSPS) is 10.4. The molecule has 118 valence electrons. The van der Waals surface area contributed by atoms with Crippen LogP contribution in [0.5, 0.6) is 0 Å². The summed E-state index contributed by atoms with van der Waals surface area (Å²) in [5, 5.41) is 10.3. The Morgan fingerprint density at radius 2 is 1.75 bits per heavy atom. The standard InChI is InChI=1S/C18H10BrCl2N3/c19-14-4-2-1-3-11(14)17-8-12(13(9-22)18(23)24-17)10-5-6-15(20)16(21)7-10/h1-8H,(H2,23,24). The molecule has 0 radical (unpaired) electrons. The number of nitrogens with two attached hydrogens (primary N) is 1. The van der Waals surface area contributed by atoms with Crippen molar-refractivity contribution < 1.29 is 0 Å². The van der Waals surface area contributed by atoms with E-state index in [0.717, 1.165) is 15.6 Å². The smallest absolute Gasteiger partial charge is 0.142 e. The van der Waals surface area contributed by atoms with Crippen LogP contribution >= 0.6 is 39.1 Å². The molecule has 6 heteroatoms. The minimum atomic E-state index is 0.173. The largest absolute Gasteiger partial charge is 0.383 e. The lowest BCUT2D eigenvalue weighted by Gasteiger charge is -2.12. The van der Waals surface area contributed by atoms with Gasteiger partial charge in [-0.25, -0.2) is 4.98 Å². The highest BCUT2D eigenvalue weighted by atomic mass is 79.9. The van der Waals surface area contributed by atoms with Crippen LogP contribution in [0, 0.1) is 11.3 Å². The number of aromatic nitrogens is 1. The molecule has 3 nitrogen and oxygen atoms in total. The maximum absolute atomic E-state index is 9.46. The summed E-state index contributed by atoms with van der Waals surface area (Å²) in [5.41, 5.74) is 9.29. The second kappa shape index (κ2) is 6.82. The van der Waals surface area contributed by atoms with Gasteiger partial charge in [0.15, 0.2) is 0 Å². The zero-order valence-corrected chi connectivity index (χ0v) is 15.3. The molecule has 0 fully saturated rings. The Bertz CT molecular complexity index is 980. The van der Waals surface area contributed by atoms with Gasteiger partial charge in [0, 0.05) is 15.6 Å². The molecule has 24 heavy (non-hydrogen) atoms. The van der Waals surface area contributed by atoms with Crippen molar-refractivity contribution in [3.8, 4) is 28.5 Å². The Hall–Kier alpha value is -2.06. The van der Waals surface area contributed by atoms with E-state index in [1.165, 1.54) is 0 Å². The van der Waals surface area contributed by atoms with Crippen molar-refractivity contribution in [1.29, 1.82) is 5.26 Å². The Labute approximate surface area is 157 Å². The quantitative estimate of drug-likeness (QED) is 0.560. The summed E-state index contributed by atoms with van der Waals surface area (Å²) in [5.74, 6) is 0.173. The number of nitrogens with zero attached hydrogens (tertiary/aromatic N) is 2. The van der Waals surface area contributed by atoms with Gasteiger partial charge < -0.3 is 5.73 Å². The van der Waals surface area contributed by atoms with Gasteiger partial charge in [-0.3, -0.25) is 0 Å². The van der Waals surface area contributed by atoms with Crippen LogP contribution in [0.15, 0.2) is 53.0 Å². The third-order valence-electron chi connectivity index (χ3n) is 3.54. The molecule has 2 aromatic carbocycles. The van der Waals surface area contributed by atoms with Crippen molar-refractivity contribution in [3.05, 3.63) is 68.6 Å². The van der Waals surface area contributed by atoms with Crippen molar-refractivity contribution in [1.82, 2.24) is 4.98 Å². The fraction of sp³-hybridized carbons (Fsp3) is 0. The van der Waals surface area contributed by atoms with Gasteiger partial charge in [-0.15, -0.1) is 0 Å². The number of hydrogen-bond donors (Lipinski definition) is 1. The molecular formula is C18H10BrCl2N3. The van der Waals surface area contributed by atoms with Gasteiger partial charge >= 0.3 is 0 Å². The summed E-state index contributed by atoms with van der Waals surface area (Å²) in [7, 11) is 0. The van der Waals surface area contributed by atoms with Crippen LogP contribution in [0.4, 0.5) is 5.82 Å². The second-order valence-corrected chi connectivity index (χ2v) is 6.70. The predicted molar refractivity (Wildman–Crippen MR) is 102 cm³/mol. The van der Waals surface area contributed by atoms with E-state index in [1.807, 2.05) is 30.3 Å². The molecule has 0 atom stereocenters. The van der Waals surface area contributed by atoms with E-state index >= 15 is 0 Å². The topological polar surface area (TPSA) is 62.7 Å². The third kappa shape index (κ3) is 3.11. The molecule has 0 saturated heterocycles. The van der Waals surface area contributed by atoms with Crippen molar-refractivity contribution in [2.45, 2.75) is 0 Å². The Morgan fingerprint density at radius 3 is 2.42 bits per heavy atom. The summed E-state index contributed by atoms with van der Waals surface area (Å²) >= 11 is 15.6. The van der Waals surface area contributed by atoms with Crippen LogP contribution < -0.4 is 5.73 Å². The average Bonchev–Trinajstić information content (AvgIpc) is 2.57. The molecule has 3 rings (SSSR count). The lowest BCUT2D eigenvalue weighted by atomic mass is 9.98. The molecule has 0 bridgehead atoms. The summed E-state index contributed by atoms with van der Waals surface area (Å²) in [4.78, 5) is 4.37. The highest BCUT2D eigenvalue weighted by Gasteiger charge is 2.15. The second-order valence-electron chi connectivity index (χ2n) is 5.04. The molecule has 0 aliphatic heterocycles. The van der Waals surface area contributed by atoms with Crippen LogP contribution in [-0.2, 0) is 0 Å². The monoisotopic (exact) mass is 417 g/mol. The molecule has 0 spiro atoms. The Balaban J connectivity index is 2.27. The van der Waals surface area contributed by atoms with Gasteiger partial charge in [-0.1, -0.05) is 63.4 Å². The van der Waals surface area contributed by atoms with Crippen LogP contribution in [0.25, 0.3) is 22.4 Å². The average molecular weight is 419 g/mol. The van der Waals surface area contributed by atoms with Crippen molar-refractivity contribution >= 4 is 44.9 Å². The molecule has 3 aromatic rings. The molecule has 2 N–H and O–H groups in total. The molecule has 1 heterocycles. The summed E-state index contributed by atoms with van der Waals surface area (Å²) in [6.07, 6.45) is 0. The van der Waals surface area contributed by atoms with Gasteiger partial charge in [-0.05, 0) is 29.8 Å². The summed E-state index contributed by atoms with van der Waals surface area (Å²) in [6.45, 7) is 0. The van der Waals surface area contributed by atoms with E-state index in [-0.39, 0.29) is 5.82 Å². The third-order valence-corrected chi connectivity index (χ3v) is 4.97. The lowest BCUT2D eigenvalue weighted by Crippen LogP contribution is -2.00. The molecule has 0 amide bonds. The fourth-order valence-corrected chi connectivity index (χ4v) is 3.17. The number of nitrogen functional groups attached to an aromatic ring is 1. The zero-order chi connectivity index (χ0) is 17.3. The van der Waals surface area contributed by atoms with Gasteiger partial charge in [0.2, 0.25) is 0 Å². The number of benzene rings is 2. The minimum Gasteiger partial charge on any atom is -0.383 e.